The summed E-state index contributed by atoms with van der Waals surface area (Å²) in [6.45, 7) is 12.7. The number of rotatable bonds is 3. The van der Waals surface area contributed by atoms with Gasteiger partial charge in [-0.25, -0.2) is 4.79 Å². The molecular formula is C24H35N3O3. The molecule has 1 aromatic carbocycles. The summed E-state index contributed by atoms with van der Waals surface area (Å²) in [5.41, 5.74) is 0.752. The Labute approximate surface area is 179 Å². The van der Waals surface area contributed by atoms with Crippen LogP contribution in [0.3, 0.4) is 0 Å². The lowest BCUT2D eigenvalue weighted by atomic mass is 9.68. The first-order chi connectivity index (χ1) is 13.8. The normalized spacial score (nSPS) is 27.1. The molecule has 2 aliphatic rings. The zero-order valence-corrected chi connectivity index (χ0v) is 19.3. The van der Waals surface area contributed by atoms with E-state index in [1.54, 1.807) is 6.92 Å². The molecule has 6 heteroatoms. The maximum Gasteiger partial charge on any atom is 0.412 e. The molecule has 2 saturated heterocycles. The van der Waals surface area contributed by atoms with Crippen molar-refractivity contribution < 1.29 is 14.6 Å². The van der Waals surface area contributed by atoms with E-state index in [2.05, 4.69) is 63.7 Å². The van der Waals surface area contributed by atoms with Crippen molar-refractivity contribution in [2.24, 2.45) is 7.05 Å². The second-order valence-electron chi connectivity index (χ2n) is 10.7. The minimum atomic E-state index is -1.38. The SMILES string of the molecule is Cc1c(CCN2C(=O)OC3(CC(C)(C)NC(C)(C)C3)[C@@]2(C)O)c2ccccc2n1C. The van der Waals surface area contributed by atoms with Gasteiger partial charge in [-0.2, -0.15) is 0 Å². The number of ether oxygens (including phenoxy) is 1. The van der Waals surface area contributed by atoms with E-state index in [-0.39, 0.29) is 11.1 Å². The Bertz CT molecular complexity index is 987. The number of aryl methyl sites for hydroxylation is 1. The van der Waals surface area contributed by atoms with Crippen molar-refractivity contribution in [3.05, 3.63) is 35.5 Å². The number of carbonyl (C=O) groups excluding carboxylic acids is 1. The molecule has 1 amide bonds. The van der Waals surface area contributed by atoms with Crippen LogP contribution >= 0.6 is 0 Å². The van der Waals surface area contributed by atoms with Crippen LogP contribution in [0, 0.1) is 6.92 Å². The van der Waals surface area contributed by atoms with Crippen LogP contribution in [-0.2, 0) is 18.2 Å². The van der Waals surface area contributed by atoms with Gasteiger partial charge in [-0.3, -0.25) is 4.90 Å². The molecule has 0 unspecified atom stereocenters. The van der Waals surface area contributed by atoms with E-state index in [4.69, 9.17) is 4.74 Å². The van der Waals surface area contributed by atoms with Crippen LogP contribution in [0.15, 0.2) is 24.3 Å². The van der Waals surface area contributed by atoms with Crippen LogP contribution in [0.5, 0.6) is 0 Å². The maximum atomic E-state index is 13.0. The molecule has 1 atom stereocenters. The number of aromatic nitrogens is 1. The van der Waals surface area contributed by atoms with Gasteiger partial charge in [0.05, 0.1) is 0 Å². The number of aliphatic hydroxyl groups is 1. The van der Waals surface area contributed by atoms with Crippen molar-refractivity contribution in [1.29, 1.82) is 0 Å². The van der Waals surface area contributed by atoms with Crippen molar-refractivity contribution >= 4 is 17.0 Å². The average molecular weight is 414 g/mol. The molecule has 1 spiro atoms. The molecule has 3 heterocycles. The fourth-order valence-electron chi connectivity index (χ4n) is 6.09. The Hall–Kier alpha value is -2.05. The minimum absolute atomic E-state index is 0.256. The zero-order valence-electron chi connectivity index (χ0n) is 19.3. The second kappa shape index (κ2) is 6.47. The first-order valence-electron chi connectivity index (χ1n) is 10.8. The fraction of sp³-hybridized carbons (Fsp3) is 0.625. The maximum absolute atomic E-state index is 13.0. The standard InChI is InChI=1S/C24H35N3O3/c1-16-17(18-10-8-9-11-19(18)26(16)7)12-13-27-20(28)30-24(23(27,6)29)14-21(2,3)25-22(4,5)15-24/h8-11,25,29H,12-15H2,1-7H3/t23-/m1/s1. The minimum Gasteiger partial charge on any atom is -0.437 e. The third-order valence-electron chi connectivity index (χ3n) is 7.14. The summed E-state index contributed by atoms with van der Waals surface area (Å²) in [7, 11) is 2.07. The molecule has 6 nitrogen and oxygen atoms in total. The lowest BCUT2D eigenvalue weighted by molar-refractivity contribution is -0.180. The summed E-state index contributed by atoms with van der Waals surface area (Å²) in [4.78, 5) is 14.5. The van der Waals surface area contributed by atoms with Gasteiger partial charge in [0.2, 0.25) is 0 Å². The Morgan fingerprint density at radius 2 is 1.70 bits per heavy atom. The number of nitrogens with one attached hydrogen (secondary N) is 1. The fourth-order valence-corrected chi connectivity index (χ4v) is 6.09. The summed E-state index contributed by atoms with van der Waals surface area (Å²) < 4.78 is 8.18. The van der Waals surface area contributed by atoms with Crippen molar-refractivity contribution in [2.45, 2.75) is 83.2 Å². The van der Waals surface area contributed by atoms with Crippen LogP contribution in [0.1, 0.15) is 58.7 Å². The number of nitrogens with zero attached hydrogens (tertiary/aromatic N) is 2. The van der Waals surface area contributed by atoms with Crippen molar-refractivity contribution in [3.8, 4) is 0 Å². The molecule has 2 fully saturated rings. The highest BCUT2D eigenvalue weighted by Gasteiger charge is 2.66. The van der Waals surface area contributed by atoms with Crippen molar-refractivity contribution in [3.63, 3.8) is 0 Å². The predicted octanol–water partition coefficient (Wildman–Crippen LogP) is 3.87. The van der Waals surface area contributed by atoms with Crippen LogP contribution in [0.25, 0.3) is 10.9 Å². The highest BCUT2D eigenvalue weighted by atomic mass is 16.6. The smallest absolute Gasteiger partial charge is 0.412 e. The van der Waals surface area contributed by atoms with E-state index in [1.165, 1.54) is 27.1 Å². The van der Waals surface area contributed by atoms with Crippen LogP contribution < -0.4 is 5.32 Å². The van der Waals surface area contributed by atoms with Crippen molar-refractivity contribution in [1.82, 2.24) is 14.8 Å². The zero-order chi connectivity index (χ0) is 22.1. The van der Waals surface area contributed by atoms with E-state index in [9.17, 15) is 9.90 Å². The number of piperidine rings is 1. The summed E-state index contributed by atoms with van der Waals surface area (Å²) in [5, 5.41) is 16.5. The number of para-hydroxylation sites is 1. The van der Waals surface area contributed by atoms with Crippen LogP contribution in [0.4, 0.5) is 4.79 Å². The van der Waals surface area contributed by atoms with Gasteiger partial charge in [-0.15, -0.1) is 0 Å². The van der Waals surface area contributed by atoms with Gasteiger partial charge in [0.25, 0.3) is 0 Å². The molecule has 2 aliphatic heterocycles. The lowest BCUT2D eigenvalue weighted by Gasteiger charge is -2.54. The number of hydrogen-bond acceptors (Lipinski definition) is 4. The average Bonchev–Trinajstić information content (AvgIpc) is 2.92. The van der Waals surface area contributed by atoms with Gasteiger partial charge < -0.3 is 19.7 Å². The first kappa shape index (κ1) is 21.2. The molecule has 0 bridgehead atoms. The third kappa shape index (κ3) is 3.12. The number of hydrogen-bond donors (Lipinski definition) is 2. The molecule has 1 aromatic heterocycles. The second-order valence-corrected chi connectivity index (χ2v) is 10.7. The van der Waals surface area contributed by atoms with Crippen LogP contribution in [0.2, 0.25) is 0 Å². The van der Waals surface area contributed by atoms with E-state index >= 15 is 0 Å². The largest absolute Gasteiger partial charge is 0.437 e. The van der Waals surface area contributed by atoms with Gasteiger partial charge in [0.15, 0.2) is 11.3 Å². The Morgan fingerprint density at radius 1 is 1.10 bits per heavy atom. The van der Waals surface area contributed by atoms with E-state index in [0.717, 1.165) is 0 Å². The molecule has 0 radical (unpaired) electrons. The summed E-state index contributed by atoms with van der Waals surface area (Å²) >= 11 is 0. The van der Waals surface area contributed by atoms with Crippen LogP contribution in [-0.4, -0.2) is 49.6 Å². The van der Waals surface area contributed by atoms with Gasteiger partial charge in [-0.05, 0) is 59.6 Å². The van der Waals surface area contributed by atoms with E-state index in [0.29, 0.717) is 25.8 Å². The molecule has 0 saturated carbocycles. The lowest BCUT2D eigenvalue weighted by Crippen LogP contribution is -2.70. The Kier molecular flexibility index (Phi) is 4.57. The Balaban J connectivity index is 1.64. The number of carbonyl (C=O) groups is 1. The number of fused-ring (bicyclic) bond motifs is 1. The summed E-state index contributed by atoms with van der Waals surface area (Å²) in [6, 6.07) is 8.32. The molecule has 2 aromatic rings. The first-order valence-corrected chi connectivity index (χ1v) is 10.8. The number of amides is 1. The number of benzene rings is 1. The predicted molar refractivity (Wildman–Crippen MR) is 118 cm³/mol. The molecule has 164 valence electrons. The highest BCUT2D eigenvalue weighted by Crippen LogP contribution is 2.50. The van der Waals surface area contributed by atoms with Crippen molar-refractivity contribution in [2.75, 3.05) is 6.54 Å². The van der Waals surface area contributed by atoms with E-state index in [1.807, 2.05) is 12.1 Å². The summed E-state index contributed by atoms with van der Waals surface area (Å²) in [6.07, 6.45) is 1.36. The quantitative estimate of drug-likeness (QED) is 0.802. The molecule has 4 rings (SSSR count). The van der Waals surface area contributed by atoms with Gasteiger partial charge in [-0.1, -0.05) is 18.2 Å². The molecular weight excluding hydrogens is 378 g/mol. The van der Waals surface area contributed by atoms with Gasteiger partial charge >= 0.3 is 6.09 Å². The monoisotopic (exact) mass is 413 g/mol. The van der Waals surface area contributed by atoms with Gasteiger partial charge in [0, 0.05) is 54.1 Å². The summed E-state index contributed by atoms with van der Waals surface area (Å²) in [5.74, 6) is 0. The molecule has 0 aliphatic carbocycles. The molecule has 2 N–H and O–H groups in total. The van der Waals surface area contributed by atoms with Gasteiger partial charge in [0.1, 0.15) is 0 Å². The third-order valence-corrected chi connectivity index (χ3v) is 7.14. The van der Waals surface area contributed by atoms with E-state index < -0.39 is 17.4 Å². The topological polar surface area (TPSA) is 66.7 Å². The Morgan fingerprint density at radius 3 is 2.33 bits per heavy atom. The molecule has 30 heavy (non-hydrogen) atoms. The highest BCUT2D eigenvalue weighted by molar-refractivity contribution is 5.85.